The van der Waals surface area contributed by atoms with E-state index in [0.29, 0.717) is 38.5 Å². The van der Waals surface area contributed by atoms with Gasteiger partial charge in [0.2, 0.25) is 0 Å². The molecule has 0 aliphatic rings. The highest BCUT2D eigenvalue weighted by molar-refractivity contribution is 6.02. The molecule has 2 atom stereocenters. The van der Waals surface area contributed by atoms with Crippen LogP contribution >= 0.6 is 0 Å². The van der Waals surface area contributed by atoms with E-state index in [4.69, 9.17) is 14.6 Å². The Labute approximate surface area is 212 Å². The monoisotopic (exact) mass is 498 g/mol. The lowest BCUT2D eigenvalue weighted by Gasteiger charge is -2.33. The largest absolute Gasteiger partial charge is 0.481 e. The van der Waals surface area contributed by atoms with Gasteiger partial charge < -0.3 is 14.6 Å². The molecule has 0 bridgehead atoms. The number of carbonyl (C=O) groups is 4. The Morgan fingerprint density at radius 3 is 1.86 bits per heavy atom. The number of ether oxygens (including phenoxy) is 2. The molecule has 0 aliphatic carbocycles. The number of ketones is 1. The number of carboxylic acids is 1. The lowest BCUT2D eigenvalue weighted by molar-refractivity contribution is -0.171. The molecule has 0 amide bonds. The molecule has 1 N–H and O–H groups in total. The van der Waals surface area contributed by atoms with Gasteiger partial charge in [-0.2, -0.15) is 0 Å². The van der Waals surface area contributed by atoms with Crippen LogP contribution in [0.4, 0.5) is 0 Å². The summed E-state index contributed by atoms with van der Waals surface area (Å²) < 4.78 is 11.2. The molecule has 0 aliphatic heterocycles. The number of carboxylic acid groups (broad SMARTS) is 1. The van der Waals surface area contributed by atoms with Crippen molar-refractivity contribution in [3.63, 3.8) is 0 Å². The molecule has 0 fully saturated rings. The Morgan fingerprint density at radius 2 is 1.31 bits per heavy atom. The van der Waals surface area contributed by atoms with Gasteiger partial charge in [0.05, 0.1) is 0 Å². The molecule has 7 nitrogen and oxygen atoms in total. The Kier molecular flexibility index (Phi) is 16.5. The topological polar surface area (TPSA) is 107 Å². The summed E-state index contributed by atoms with van der Waals surface area (Å²) in [6.45, 7) is 10.4. The van der Waals surface area contributed by atoms with E-state index < -0.39 is 23.0 Å². The molecule has 0 aromatic carbocycles. The first kappa shape index (κ1) is 33.1. The maximum absolute atomic E-state index is 13.3. The fourth-order valence-corrected chi connectivity index (χ4v) is 4.36. The summed E-state index contributed by atoms with van der Waals surface area (Å²) in [5.74, 6) is -1.83. The smallest absolute Gasteiger partial charge is 0.320 e. The van der Waals surface area contributed by atoms with Crippen LogP contribution in [0.25, 0.3) is 0 Å². The summed E-state index contributed by atoms with van der Waals surface area (Å²) in [5, 5.41) is 8.80. The maximum Gasteiger partial charge on any atom is 0.320 e. The quantitative estimate of drug-likeness (QED) is 0.112. The highest BCUT2D eigenvalue weighted by Crippen LogP contribution is 2.36. The summed E-state index contributed by atoms with van der Waals surface area (Å²) in [7, 11) is 0. The van der Waals surface area contributed by atoms with E-state index in [-0.39, 0.29) is 24.3 Å². The number of unbranched alkanes of at least 4 members (excludes halogenated alkanes) is 7. The number of carbonyl (C=O) groups excluding carboxylic acids is 3. The van der Waals surface area contributed by atoms with Crippen LogP contribution in [-0.2, 0) is 28.7 Å². The van der Waals surface area contributed by atoms with Crippen LogP contribution in [0.5, 0.6) is 0 Å². The highest BCUT2D eigenvalue weighted by atomic mass is 16.6. The van der Waals surface area contributed by atoms with Crippen molar-refractivity contribution in [3.05, 3.63) is 0 Å². The number of rotatable bonds is 20. The van der Waals surface area contributed by atoms with Crippen molar-refractivity contribution in [1.29, 1.82) is 0 Å². The second-order valence-electron chi connectivity index (χ2n) is 10.8. The van der Waals surface area contributed by atoms with Gasteiger partial charge in [0.1, 0.15) is 22.9 Å². The van der Waals surface area contributed by atoms with Crippen LogP contribution in [0, 0.1) is 5.41 Å². The van der Waals surface area contributed by atoms with Gasteiger partial charge in [-0.3, -0.25) is 19.2 Å². The Bertz CT molecular complexity index is 650. The molecule has 0 saturated heterocycles. The third-order valence-corrected chi connectivity index (χ3v) is 6.30. The van der Waals surface area contributed by atoms with E-state index in [9.17, 15) is 19.2 Å². The van der Waals surface area contributed by atoms with Crippen molar-refractivity contribution >= 4 is 23.7 Å². The third-order valence-electron chi connectivity index (χ3n) is 6.30. The number of hydrogen-bond acceptors (Lipinski definition) is 6. The van der Waals surface area contributed by atoms with Gasteiger partial charge in [0, 0.05) is 13.3 Å². The molecule has 0 saturated carbocycles. The molecule has 2 unspecified atom stereocenters. The predicted molar refractivity (Wildman–Crippen MR) is 137 cm³/mol. The summed E-state index contributed by atoms with van der Waals surface area (Å²) in [6, 6.07) is 0. The van der Waals surface area contributed by atoms with E-state index in [1.54, 1.807) is 20.8 Å². The van der Waals surface area contributed by atoms with Crippen molar-refractivity contribution in [2.75, 3.05) is 0 Å². The van der Waals surface area contributed by atoms with Crippen molar-refractivity contribution in [1.82, 2.24) is 0 Å². The Balaban J connectivity index is 5.22. The van der Waals surface area contributed by atoms with Crippen molar-refractivity contribution < 1.29 is 33.8 Å². The average Bonchev–Trinajstić information content (AvgIpc) is 2.72. The van der Waals surface area contributed by atoms with Crippen LogP contribution in [0.3, 0.4) is 0 Å². The first-order valence-electron chi connectivity index (χ1n) is 13.5. The molecule has 0 radical (unpaired) electrons. The minimum absolute atomic E-state index is 0.125. The van der Waals surface area contributed by atoms with Crippen LogP contribution in [0.1, 0.15) is 138 Å². The third kappa shape index (κ3) is 15.6. The lowest BCUT2D eigenvalue weighted by atomic mass is 9.74. The zero-order valence-corrected chi connectivity index (χ0v) is 23.1. The molecule has 204 valence electrons. The predicted octanol–water partition coefficient (Wildman–Crippen LogP) is 6.79. The van der Waals surface area contributed by atoms with Crippen molar-refractivity contribution in [2.24, 2.45) is 5.41 Å². The zero-order valence-electron chi connectivity index (χ0n) is 23.1. The van der Waals surface area contributed by atoms with E-state index >= 15 is 0 Å². The lowest BCUT2D eigenvalue weighted by Crippen LogP contribution is -2.43. The normalized spacial score (nSPS) is 14.1. The molecular formula is C28H50O7. The van der Waals surface area contributed by atoms with Crippen LogP contribution < -0.4 is 0 Å². The number of aliphatic carboxylic acids is 1. The van der Waals surface area contributed by atoms with E-state index in [0.717, 1.165) is 32.1 Å². The maximum atomic E-state index is 13.3. The summed E-state index contributed by atoms with van der Waals surface area (Å²) >= 11 is 0. The summed E-state index contributed by atoms with van der Waals surface area (Å²) in [5.41, 5.74) is -1.94. The minimum atomic E-state index is -1.23. The van der Waals surface area contributed by atoms with Gasteiger partial charge in [0.15, 0.2) is 0 Å². The summed E-state index contributed by atoms with van der Waals surface area (Å²) in [6.07, 6.45) is 10.9. The van der Waals surface area contributed by atoms with Crippen LogP contribution in [0.2, 0.25) is 0 Å². The molecule has 0 aromatic rings. The second kappa shape index (κ2) is 17.5. The molecule has 0 rings (SSSR count). The molecule has 0 heterocycles. The Hall–Kier alpha value is -1.92. The van der Waals surface area contributed by atoms with Gasteiger partial charge in [-0.25, -0.2) is 0 Å². The van der Waals surface area contributed by atoms with Crippen LogP contribution in [-0.4, -0.2) is 40.5 Å². The van der Waals surface area contributed by atoms with Crippen LogP contribution in [0.15, 0.2) is 0 Å². The first-order valence-corrected chi connectivity index (χ1v) is 13.5. The fraction of sp³-hybridized carbons (Fsp3) is 0.857. The Morgan fingerprint density at radius 1 is 0.771 bits per heavy atom. The number of hydrogen-bond donors (Lipinski definition) is 1. The van der Waals surface area contributed by atoms with Gasteiger partial charge in [-0.15, -0.1) is 0 Å². The highest BCUT2D eigenvalue weighted by Gasteiger charge is 2.45. The van der Waals surface area contributed by atoms with Gasteiger partial charge in [0.25, 0.3) is 0 Å². The van der Waals surface area contributed by atoms with Gasteiger partial charge in [-0.1, -0.05) is 51.9 Å². The molecule has 0 aromatic heterocycles. The van der Waals surface area contributed by atoms with E-state index in [1.807, 2.05) is 0 Å². The second-order valence-corrected chi connectivity index (χ2v) is 10.8. The van der Waals surface area contributed by atoms with Gasteiger partial charge in [-0.05, 0) is 72.6 Å². The minimum Gasteiger partial charge on any atom is -0.481 e. The standard InChI is InChI=1S/C28H50O7/c1-7-8-9-10-13-17-24(34-23(3)30)18-16-21-28(22(2)29,26(33)35-27(4,5)6)20-15-12-11-14-19-25(31)32/h24H,7-21H2,1-6H3,(H,31,32). The van der Waals surface area contributed by atoms with E-state index in [2.05, 4.69) is 6.92 Å². The number of esters is 2. The van der Waals surface area contributed by atoms with Crippen molar-refractivity contribution in [2.45, 2.75) is 150 Å². The molecule has 7 heteroatoms. The van der Waals surface area contributed by atoms with Crippen molar-refractivity contribution in [3.8, 4) is 0 Å². The summed E-state index contributed by atoms with van der Waals surface area (Å²) in [4.78, 5) is 48.4. The fourth-order valence-electron chi connectivity index (χ4n) is 4.36. The van der Waals surface area contributed by atoms with E-state index in [1.165, 1.54) is 33.1 Å². The molecule has 0 spiro atoms. The molecule has 35 heavy (non-hydrogen) atoms. The molecular weight excluding hydrogens is 448 g/mol. The first-order chi connectivity index (χ1) is 16.3. The number of Topliss-reactive ketones (excluding diaryl/α,β-unsaturated/α-hetero) is 1. The van der Waals surface area contributed by atoms with Gasteiger partial charge >= 0.3 is 17.9 Å². The zero-order chi connectivity index (χ0) is 26.9. The SMILES string of the molecule is CCCCCCCC(CCCC(CCCCCCC(=O)O)(C(C)=O)C(=O)OC(C)(C)C)OC(C)=O. The average molecular weight is 499 g/mol.